The molecular formula is C14H18FN3O2. The van der Waals surface area contributed by atoms with E-state index in [4.69, 9.17) is 4.74 Å². The molecule has 0 aliphatic carbocycles. The van der Waals surface area contributed by atoms with Gasteiger partial charge in [0.15, 0.2) is 5.75 Å². The molecule has 5 nitrogen and oxygen atoms in total. The molecule has 1 atom stereocenters. The van der Waals surface area contributed by atoms with Gasteiger partial charge in [-0.1, -0.05) is 0 Å². The van der Waals surface area contributed by atoms with Crippen molar-refractivity contribution >= 4 is 17.3 Å². The molecule has 1 aromatic rings. The van der Waals surface area contributed by atoms with Crippen LogP contribution in [0.25, 0.3) is 0 Å². The summed E-state index contributed by atoms with van der Waals surface area (Å²) in [7, 11) is 0. The first-order chi connectivity index (χ1) is 9.63. The third kappa shape index (κ3) is 2.56. The van der Waals surface area contributed by atoms with Crippen molar-refractivity contribution in [2.24, 2.45) is 0 Å². The largest absolute Gasteiger partial charge is 0.486 e. The fourth-order valence-corrected chi connectivity index (χ4v) is 2.64. The number of ether oxygens (including phenoxy) is 1. The normalized spacial score (nSPS) is 22.6. The number of benzene rings is 1. The van der Waals surface area contributed by atoms with Crippen LogP contribution in [0, 0.1) is 5.82 Å². The van der Waals surface area contributed by atoms with Crippen LogP contribution in [0.2, 0.25) is 0 Å². The Morgan fingerprint density at radius 3 is 2.85 bits per heavy atom. The van der Waals surface area contributed by atoms with Gasteiger partial charge in [0.25, 0.3) is 0 Å². The van der Waals surface area contributed by atoms with Crippen molar-refractivity contribution in [3.63, 3.8) is 0 Å². The van der Waals surface area contributed by atoms with Crippen LogP contribution in [0.5, 0.6) is 5.75 Å². The lowest BCUT2D eigenvalue weighted by atomic mass is 10.2. The maximum absolute atomic E-state index is 13.8. The lowest BCUT2D eigenvalue weighted by Gasteiger charge is -2.31. The molecule has 6 heteroatoms. The molecule has 0 bridgehead atoms. The molecule has 3 rings (SSSR count). The van der Waals surface area contributed by atoms with Crippen LogP contribution in [-0.4, -0.2) is 38.2 Å². The number of carbonyl (C=O) groups excluding carboxylic acids is 1. The minimum absolute atomic E-state index is 0.145. The summed E-state index contributed by atoms with van der Waals surface area (Å²) in [6.07, 6.45) is 0.0560. The maximum atomic E-state index is 13.8. The number of fused-ring (bicyclic) bond motifs is 1. The van der Waals surface area contributed by atoms with Gasteiger partial charge < -0.3 is 20.3 Å². The first-order valence-electron chi connectivity index (χ1n) is 6.89. The van der Waals surface area contributed by atoms with Gasteiger partial charge >= 0.3 is 0 Å². The molecule has 2 aliphatic heterocycles. The van der Waals surface area contributed by atoms with Crippen molar-refractivity contribution in [3.05, 3.63) is 17.9 Å². The molecule has 0 spiro atoms. The van der Waals surface area contributed by atoms with Crippen LogP contribution in [0.1, 0.15) is 13.3 Å². The number of nitrogens with one attached hydrogen (secondary N) is 2. The Morgan fingerprint density at radius 1 is 1.35 bits per heavy atom. The number of piperazine rings is 1. The minimum atomic E-state index is -0.365. The number of rotatable bonds is 1. The number of halogens is 1. The minimum Gasteiger partial charge on any atom is -0.486 e. The number of anilines is 2. The maximum Gasteiger partial charge on any atom is 0.228 e. The fraction of sp³-hybridized carbons (Fsp3) is 0.500. The molecule has 2 heterocycles. The summed E-state index contributed by atoms with van der Waals surface area (Å²) in [4.78, 5) is 13.8. The lowest BCUT2D eigenvalue weighted by Crippen LogP contribution is -2.43. The molecule has 1 amide bonds. The summed E-state index contributed by atoms with van der Waals surface area (Å²) in [5.74, 6) is 0.0653. The van der Waals surface area contributed by atoms with Crippen LogP contribution in [0.3, 0.4) is 0 Å². The van der Waals surface area contributed by atoms with E-state index in [0.717, 1.165) is 31.9 Å². The zero-order valence-corrected chi connectivity index (χ0v) is 11.4. The van der Waals surface area contributed by atoms with Crippen molar-refractivity contribution in [2.75, 3.05) is 36.4 Å². The highest BCUT2D eigenvalue weighted by Gasteiger charge is 2.25. The SMILES string of the molecule is CC1CC(=O)Nc2cc(F)cc(N3CCNCC3)c2O1. The Morgan fingerprint density at radius 2 is 2.10 bits per heavy atom. The summed E-state index contributed by atoms with van der Waals surface area (Å²) in [6.45, 7) is 5.14. The number of nitrogens with zero attached hydrogens (tertiary/aromatic N) is 1. The fourth-order valence-electron chi connectivity index (χ4n) is 2.64. The average Bonchev–Trinajstić information content (AvgIpc) is 2.55. The Balaban J connectivity index is 2.03. The van der Waals surface area contributed by atoms with Gasteiger partial charge in [-0.25, -0.2) is 4.39 Å². The predicted octanol–water partition coefficient (Wildman–Crippen LogP) is 1.34. The second-order valence-electron chi connectivity index (χ2n) is 5.22. The van der Waals surface area contributed by atoms with Crippen molar-refractivity contribution in [1.82, 2.24) is 5.32 Å². The monoisotopic (exact) mass is 279 g/mol. The molecule has 0 saturated carbocycles. The van der Waals surface area contributed by atoms with E-state index < -0.39 is 0 Å². The van der Waals surface area contributed by atoms with E-state index in [1.54, 1.807) is 0 Å². The molecule has 108 valence electrons. The molecule has 20 heavy (non-hydrogen) atoms. The summed E-state index contributed by atoms with van der Waals surface area (Å²) < 4.78 is 19.7. The Kier molecular flexibility index (Phi) is 3.48. The topological polar surface area (TPSA) is 53.6 Å². The highest BCUT2D eigenvalue weighted by atomic mass is 19.1. The van der Waals surface area contributed by atoms with E-state index in [-0.39, 0.29) is 24.2 Å². The van der Waals surface area contributed by atoms with Gasteiger partial charge in [-0.05, 0) is 6.92 Å². The van der Waals surface area contributed by atoms with Crippen LogP contribution in [0.15, 0.2) is 12.1 Å². The van der Waals surface area contributed by atoms with Gasteiger partial charge in [0.05, 0.1) is 17.8 Å². The third-order valence-electron chi connectivity index (χ3n) is 3.56. The summed E-state index contributed by atoms with van der Waals surface area (Å²) in [6, 6.07) is 2.80. The van der Waals surface area contributed by atoms with Gasteiger partial charge in [0.1, 0.15) is 11.9 Å². The molecule has 1 unspecified atom stereocenters. The standard InChI is InChI=1S/C14H18FN3O2/c1-9-6-13(19)17-11-7-10(15)8-12(14(11)20-9)18-4-2-16-3-5-18/h7-9,16H,2-6H2,1H3,(H,17,19). The third-order valence-corrected chi connectivity index (χ3v) is 3.56. The van der Waals surface area contributed by atoms with Crippen molar-refractivity contribution in [2.45, 2.75) is 19.4 Å². The molecular weight excluding hydrogens is 261 g/mol. The van der Waals surface area contributed by atoms with Crippen LogP contribution >= 0.6 is 0 Å². The van der Waals surface area contributed by atoms with E-state index in [1.165, 1.54) is 12.1 Å². The number of hydrogen-bond donors (Lipinski definition) is 2. The predicted molar refractivity (Wildman–Crippen MR) is 74.8 cm³/mol. The van der Waals surface area contributed by atoms with E-state index in [9.17, 15) is 9.18 Å². The van der Waals surface area contributed by atoms with E-state index in [0.29, 0.717) is 11.4 Å². The van der Waals surface area contributed by atoms with Gasteiger partial charge in [0, 0.05) is 38.3 Å². The smallest absolute Gasteiger partial charge is 0.228 e. The van der Waals surface area contributed by atoms with Crippen molar-refractivity contribution in [3.8, 4) is 5.75 Å². The highest BCUT2D eigenvalue weighted by Crippen LogP contribution is 2.39. The van der Waals surface area contributed by atoms with Gasteiger partial charge in [0.2, 0.25) is 5.91 Å². The van der Waals surface area contributed by atoms with E-state index >= 15 is 0 Å². The van der Waals surface area contributed by atoms with E-state index in [2.05, 4.69) is 15.5 Å². The zero-order chi connectivity index (χ0) is 14.1. The van der Waals surface area contributed by atoms with Crippen LogP contribution in [0.4, 0.5) is 15.8 Å². The Labute approximate surface area is 117 Å². The molecule has 1 aromatic carbocycles. The number of amides is 1. The summed E-state index contributed by atoms with van der Waals surface area (Å²) >= 11 is 0. The molecule has 2 aliphatic rings. The Hall–Kier alpha value is -1.82. The summed E-state index contributed by atoms with van der Waals surface area (Å²) in [5, 5.41) is 5.99. The number of hydrogen-bond acceptors (Lipinski definition) is 4. The van der Waals surface area contributed by atoms with Gasteiger partial charge in [-0.3, -0.25) is 4.79 Å². The molecule has 0 aromatic heterocycles. The second kappa shape index (κ2) is 5.28. The first kappa shape index (κ1) is 13.2. The van der Waals surface area contributed by atoms with Crippen LogP contribution in [-0.2, 0) is 4.79 Å². The van der Waals surface area contributed by atoms with Gasteiger partial charge in [-0.2, -0.15) is 0 Å². The van der Waals surface area contributed by atoms with Crippen molar-refractivity contribution in [1.29, 1.82) is 0 Å². The molecule has 1 fully saturated rings. The zero-order valence-electron chi connectivity index (χ0n) is 11.4. The molecule has 0 radical (unpaired) electrons. The van der Waals surface area contributed by atoms with E-state index in [1.807, 2.05) is 6.92 Å². The molecule has 1 saturated heterocycles. The number of carbonyl (C=O) groups is 1. The first-order valence-corrected chi connectivity index (χ1v) is 6.89. The lowest BCUT2D eigenvalue weighted by molar-refractivity contribution is -0.117. The Bertz CT molecular complexity index is 529. The average molecular weight is 279 g/mol. The van der Waals surface area contributed by atoms with Gasteiger partial charge in [-0.15, -0.1) is 0 Å². The molecule has 2 N–H and O–H groups in total. The quantitative estimate of drug-likeness (QED) is 0.814. The summed E-state index contributed by atoms with van der Waals surface area (Å²) in [5.41, 5.74) is 1.14. The highest BCUT2D eigenvalue weighted by molar-refractivity contribution is 5.95. The second-order valence-corrected chi connectivity index (χ2v) is 5.22. The van der Waals surface area contributed by atoms with Crippen LogP contribution < -0.4 is 20.3 Å². The van der Waals surface area contributed by atoms with Crippen molar-refractivity contribution < 1.29 is 13.9 Å².